The quantitative estimate of drug-likeness (QED) is 0.250. The number of hydrogen-bond donors (Lipinski definition) is 0. The zero-order valence-corrected chi connectivity index (χ0v) is 12.2. The lowest BCUT2D eigenvalue weighted by Crippen LogP contribution is -2.13. The fraction of sp³-hybridized carbons (Fsp3) is 1.00. The normalized spacial score (nSPS) is 12.9. The maximum absolute atomic E-state index is 5.51. The molecule has 0 aromatic heterocycles. The lowest BCUT2D eigenvalue weighted by Gasteiger charge is -2.15. The van der Waals surface area contributed by atoms with Crippen molar-refractivity contribution < 1.29 is 9.78 Å². The van der Waals surface area contributed by atoms with Crippen molar-refractivity contribution in [2.24, 2.45) is 0 Å². The summed E-state index contributed by atoms with van der Waals surface area (Å²) in [4.78, 5) is 10.8. The van der Waals surface area contributed by atoms with E-state index in [1.807, 2.05) is 0 Å². The van der Waals surface area contributed by atoms with Crippen molar-refractivity contribution in [3.8, 4) is 0 Å². The lowest BCUT2D eigenvalue weighted by atomic mass is 10.1. The largest absolute Gasteiger partial charge is 0.236 e. The van der Waals surface area contributed by atoms with Crippen LogP contribution in [0.3, 0.4) is 0 Å². The van der Waals surface area contributed by atoms with E-state index in [9.17, 15) is 0 Å². The highest BCUT2D eigenvalue weighted by Gasteiger charge is 2.08. The molecule has 1 atom stereocenters. The molecule has 0 amide bonds. The topological polar surface area (TPSA) is 18.5 Å². The van der Waals surface area contributed by atoms with Gasteiger partial charge in [0.1, 0.15) is 0 Å². The van der Waals surface area contributed by atoms with E-state index >= 15 is 0 Å². The Bertz CT molecular complexity index is 137. The minimum absolute atomic E-state index is 0.318. The summed E-state index contributed by atoms with van der Waals surface area (Å²) in [7, 11) is 0. The van der Waals surface area contributed by atoms with E-state index in [0.29, 0.717) is 6.10 Å². The van der Waals surface area contributed by atoms with Gasteiger partial charge in [0.2, 0.25) is 0 Å². The molecule has 2 nitrogen and oxygen atoms in total. The molecular weight excluding hydrogens is 212 g/mol. The van der Waals surface area contributed by atoms with Gasteiger partial charge in [-0.3, -0.25) is 0 Å². The molecule has 0 N–H and O–H groups in total. The molecule has 0 aromatic rings. The summed E-state index contributed by atoms with van der Waals surface area (Å²) in [6, 6.07) is 0. The molecule has 104 valence electrons. The lowest BCUT2D eigenvalue weighted by molar-refractivity contribution is -0.326. The summed E-state index contributed by atoms with van der Waals surface area (Å²) >= 11 is 0. The highest BCUT2D eigenvalue weighted by Crippen LogP contribution is 2.13. The Kier molecular flexibility index (Phi) is 13.9. The average Bonchev–Trinajstić information content (AvgIpc) is 2.34. The van der Waals surface area contributed by atoms with E-state index in [4.69, 9.17) is 9.78 Å². The molecule has 0 saturated carbocycles. The molecule has 0 spiro atoms. The highest BCUT2D eigenvalue weighted by atomic mass is 17.2. The molecule has 0 fully saturated rings. The third-order valence-corrected chi connectivity index (χ3v) is 3.03. The van der Waals surface area contributed by atoms with Gasteiger partial charge in [-0.05, 0) is 19.3 Å². The average molecular weight is 244 g/mol. The molecule has 0 bridgehead atoms. The standard InChI is InChI=1S/C15H32O2/c1-4-7-9-10-13-15(12-6-3)17-16-14-11-8-5-2/h15H,4-14H2,1-3H3. The van der Waals surface area contributed by atoms with Gasteiger partial charge in [0, 0.05) is 0 Å². The Balaban J connectivity index is 3.45. The van der Waals surface area contributed by atoms with Crippen LogP contribution >= 0.6 is 0 Å². The van der Waals surface area contributed by atoms with Crippen LogP contribution in [0.1, 0.15) is 85.0 Å². The van der Waals surface area contributed by atoms with Crippen molar-refractivity contribution in [3.05, 3.63) is 0 Å². The maximum atomic E-state index is 5.51. The first-order chi connectivity index (χ1) is 8.35. The van der Waals surface area contributed by atoms with Crippen molar-refractivity contribution in [2.45, 2.75) is 91.1 Å². The van der Waals surface area contributed by atoms with E-state index in [2.05, 4.69) is 20.8 Å². The fourth-order valence-corrected chi connectivity index (χ4v) is 1.92. The first-order valence-electron chi connectivity index (χ1n) is 7.63. The van der Waals surface area contributed by atoms with Crippen molar-refractivity contribution >= 4 is 0 Å². The van der Waals surface area contributed by atoms with Crippen LogP contribution in [0.5, 0.6) is 0 Å². The van der Waals surface area contributed by atoms with Crippen LogP contribution in [0.15, 0.2) is 0 Å². The third kappa shape index (κ3) is 12.2. The molecule has 0 saturated heterocycles. The van der Waals surface area contributed by atoms with Crippen LogP contribution in [0.2, 0.25) is 0 Å². The maximum Gasteiger partial charge on any atom is 0.0929 e. The monoisotopic (exact) mass is 244 g/mol. The summed E-state index contributed by atoms with van der Waals surface area (Å²) in [5.74, 6) is 0. The molecule has 2 heteroatoms. The van der Waals surface area contributed by atoms with E-state index in [1.54, 1.807) is 0 Å². The SMILES string of the molecule is CCCCCCC(CCC)OOCCCCC. The fourth-order valence-electron chi connectivity index (χ4n) is 1.92. The van der Waals surface area contributed by atoms with Gasteiger partial charge in [0.05, 0.1) is 12.7 Å². The second-order valence-electron chi connectivity index (χ2n) is 4.89. The first kappa shape index (κ1) is 16.9. The van der Waals surface area contributed by atoms with Gasteiger partial charge in [-0.25, -0.2) is 9.78 Å². The predicted molar refractivity (Wildman–Crippen MR) is 74.0 cm³/mol. The van der Waals surface area contributed by atoms with E-state index in [-0.39, 0.29) is 0 Å². The number of rotatable bonds is 13. The van der Waals surface area contributed by atoms with Gasteiger partial charge in [0.15, 0.2) is 0 Å². The van der Waals surface area contributed by atoms with E-state index < -0.39 is 0 Å². The minimum Gasteiger partial charge on any atom is -0.236 e. The molecule has 0 aliphatic carbocycles. The van der Waals surface area contributed by atoms with E-state index in [1.165, 1.54) is 44.9 Å². The van der Waals surface area contributed by atoms with Gasteiger partial charge in [-0.1, -0.05) is 65.7 Å². The number of unbranched alkanes of at least 4 members (excludes halogenated alkanes) is 5. The summed E-state index contributed by atoms with van der Waals surface area (Å²) < 4.78 is 0. The third-order valence-electron chi connectivity index (χ3n) is 3.03. The van der Waals surface area contributed by atoms with Crippen molar-refractivity contribution in [1.82, 2.24) is 0 Å². The van der Waals surface area contributed by atoms with Gasteiger partial charge in [-0.15, -0.1) is 0 Å². The summed E-state index contributed by atoms with van der Waals surface area (Å²) in [6.07, 6.45) is 12.6. The molecule has 0 aromatic carbocycles. The van der Waals surface area contributed by atoms with Crippen LogP contribution in [0, 0.1) is 0 Å². The zero-order valence-electron chi connectivity index (χ0n) is 12.2. The summed E-state index contributed by atoms with van der Waals surface area (Å²) in [5, 5.41) is 0. The van der Waals surface area contributed by atoms with Gasteiger partial charge >= 0.3 is 0 Å². The van der Waals surface area contributed by atoms with E-state index in [0.717, 1.165) is 25.9 Å². The molecule has 0 aliphatic heterocycles. The van der Waals surface area contributed by atoms with Crippen molar-refractivity contribution in [3.63, 3.8) is 0 Å². The van der Waals surface area contributed by atoms with Crippen molar-refractivity contribution in [1.29, 1.82) is 0 Å². The molecule has 0 aliphatic rings. The zero-order chi connectivity index (χ0) is 12.8. The molecule has 0 rings (SSSR count). The van der Waals surface area contributed by atoms with Gasteiger partial charge in [0.25, 0.3) is 0 Å². The van der Waals surface area contributed by atoms with Crippen molar-refractivity contribution in [2.75, 3.05) is 6.61 Å². The second kappa shape index (κ2) is 14.0. The van der Waals surface area contributed by atoms with Crippen LogP contribution in [-0.4, -0.2) is 12.7 Å². The highest BCUT2D eigenvalue weighted by molar-refractivity contribution is 4.56. The number of hydrogen-bond acceptors (Lipinski definition) is 2. The smallest absolute Gasteiger partial charge is 0.0929 e. The van der Waals surface area contributed by atoms with Crippen LogP contribution in [-0.2, 0) is 9.78 Å². The Morgan fingerprint density at radius 1 is 0.706 bits per heavy atom. The molecule has 0 radical (unpaired) electrons. The Hall–Kier alpha value is -0.0800. The van der Waals surface area contributed by atoms with Gasteiger partial charge in [-0.2, -0.15) is 0 Å². The Morgan fingerprint density at radius 2 is 1.41 bits per heavy atom. The van der Waals surface area contributed by atoms with Crippen LogP contribution in [0.4, 0.5) is 0 Å². The van der Waals surface area contributed by atoms with Crippen LogP contribution < -0.4 is 0 Å². The molecule has 17 heavy (non-hydrogen) atoms. The summed E-state index contributed by atoms with van der Waals surface area (Å²) in [5.41, 5.74) is 0. The molecule has 0 heterocycles. The Labute approximate surface area is 108 Å². The minimum atomic E-state index is 0.318. The molecule has 1 unspecified atom stereocenters. The first-order valence-corrected chi connectivity index (χ1v) is 7.63. The predicted octanol–water partition coefficient (Wildman–Crippen LogP) is 5.26. The van der Waals surface area contributed by atoms with Crippen LogP contribution in [0.25, 0.3) is 0 Å². The Morgan fingerprint density at radius 3 is 2.06 bits per heavy atom. The molecular formula is C15H32O2. The second-order valence-corrected chi connectivity index (χ2v) is 4.89. The summed E-state index contributed by atoms with van der Waals surface area (Å²) in [6.45, 7) is 7.41. The van der Waals surface area contributed by atoms with Gasteiger partial charge < -0.3 is 0 Å².